The van der Waals surface area contributed by atoms with Gasteiger partial charge >= 0.3 is 0 Å². The summed E-state index contributed by atoms with van der Waals surface area (Å²) < 4.78 is 7.31. The molecule has 7 nitrogen and oxygen atoms in total. The first-order valence-electron chi connectivity index (χ1n) is 10.2. The van der Waals surface area contributed by atoms with Gasteiger partial charge in [0.25, 0.3) is 0 Å². The molecule has 0 amide bonds. The van der Waals surface area contributed by atoms with Gasteiger partial charge in [0.2, 0.25) is 5.95 Å². The van der Waals surface area contributed by atoms with E-state index in [4.69, 9.17) is 21.3 Å². The summed E-state index contributed by atoms with van der Waals surface area (Å²) >= 11 is 6.12. The molecule has 8 heteroatoms. The minimum absolute atomic E-state index is 0.499. The van der Waals surface area contributed by atoms with Crippen molar-refractivity contribution in [3.63, 3.8) is 0 Å². The monoisotopic (exact) mass is 448 g/mol. The molecule has 0 aliphatic carbocycles. The van der Waals surface area contributed by atoms with Gasteiger partial charge in [0, 0.05) is 40.6 Å². The van der Waals surface area contributed by atoms with E-state index in [-0.39, 0.29) is 0 Å². The molecule has 1 N–H and O–H groups in total. The van der Waals surface area contributed by atoms with Gasteiger partial charge in [-0.05, 0) is 44.4 Å². The number of nitrogens with zero attached hydrogens (tertiary/aromatic N) is 5. The van der Waals surface area contributed by atoms with Gasteiger partial charge in [-0.15, -0.1) is 0 Å². The maximum Gasteiger partial charge on any atom is 0.227 e. The summed E-state index contributed by atoms with van der Waals surface area (Å²) in [7, 11) is 5.74. The molecule has 2 aromatic heterocycles. The van der Waals surface area contributed by atoms with Gasteiger partial charge in [-0.2, -0.15) is 5.10 Å². The van der Waals surface area contributed by atoms with Crippen LogP contribution in [0.1, 0.15) is 0 Å². The molecule has 2 heterocycles. The number of rotatable bonds is 8. The molecule has 0 saturated carbocycles. The van der Waals surface area contributed by atoms with Gasteiger partial charge in [-0.3, -0.25) is 4.68 Å². The zero-order valence-electron chi connectivity index (χ0n) is 18.3. The predicted molar refractivity (Wildman–Crippen MR) is 129 cm³/mol. The SMILES string of the molecule is COc1cccc(Nc2nccc(-c3cnn(CCN(C)C)c3-c3ccc(Cl)cc3)n2)c1. The highest BCUT2D eigenvalue weighted by Gasteiger charge is 2.17. The van der Waals surface area contributed by atoms with Gasteiger partial charge in [-0.1, -0.05) is 29.8 Å². The Balaban J connectivity index is 1.71. The quantitative estimate of drug-likeness (QED) is 0.410. The summed E-state index contributed by atoms with van der Waals surface area (Å²) in [5.74, 6) is 1.26. The molecule has 2 aromatic carbocycles. The fourth-order valence-corrected chi connectivity index (χ4v) is 3.47. The van der Waals surface area contributed by atoms with E-state index in [2.05, 4.69) is 20.3 Å². The predicted octanol–water partition coefficient (Wildman–Crippen LogP) is 4.97. The molecule has 0 unspecified atom stereocenters. The fraction of sp³-hybridized carbons (Fsp3) is 0.208. The average molecular weight is 449 g/mol. The number of hydrogen-bond acceptors (Lipinski definition) is 6. The summed E-state index contributed by atoms with van der Waals surface area (Å²) in [4.78, 5) is 11.3. The third kappa shape index (κ3) is 5.07. The van der Waals surface area contributed by atoms with Crippen LogP contribution in [0.5, 0.6) is 5.75 Å². The highest BCUT2D eigenvalue weighted by molar-refractivity contribution is 6.30. The molecule has 0 bridgehead atoms. The lowest BCUT2D eigenvalue weighted by Crippen LogP contribution is -2.19. The van der Waals surface area contributed by atoms with Crippen LogP contribution in [0.25, 0.3) is 22.5 Å². The van der Waals surface area contributed by atoms with Crippen LogP contribution in [0.3, 0.4) is 0 Å². The molecule has 0 atom stereocenters. The van der Waals surface area contributed by atoms with Crippen molar-refractivity contribution in [1.82, 2.24) is 24.6 Å². The molecule has 4 rings (SSSR count). The van der Waals surface area contributed by atoms with Crippen molar-refractivity contribution in [1.29, 1.82) is 0 Å². The van der Waals surface area contributed by atoms with Gasteiger partial charge < -0.3 is 15.0 Å². The Morgan fingerprint density at radius 2 is 1.91 bits per heavy atom. The highest BCUT2D eigenvalue weighted by Crippen LogP contribution is 2.32. The Bertz CT molecular complexity index is 1190. The normalized spacial score (nSPS) is 11.0. The van der Waals surface area contributed by atoms with E-state index in [9.17, 15) is 0 Å². The van der Waals surface area contributed by atoms with Crippen LogP contribution in [-0.2, 0) is 6.54 Å². The summed E-state index contributed by atoms with van der Waals surface area (Å²) in [6, 6.07) is 17.3. The number of likely N-dealkylation sites (N-methyl/N-ethyl adjacent to an activating group) is 1. The first kappa shape index (κ1) is 21.8. The maximum atomic E-state index is 6.12. The van der Waals surface area contributed by atoms with E-state index in [1.165, 1.54) is 0 Å². The van der Waals surface area contributed by atoms with Crippen molar-refractivity contribution in [2.75, 3.05) is 33.1 Å². The lowest BCUT2D eigenvalue weighted by molar-refractivity contribution is 0.374. The van der Waals surface area contributed by atoms with Crippen molar-refractivity contribution >= 4 is 23.2 Å². The molecule has 4 aromatic rings. The number of methoxy groups -OCH3 is 1. The van der Waals surface area contributed by atoms with E-state index in [1.54, 1.807) is 13.3 Å². The second kappa shape index (κ2) is 9.80. The molecule has 0 spiro atoms. The number of hydrogen-bond donors (Lipinski definition) is 1. The van der Waals surface area contributed by atoms with Crippen LogP contribution in [0.15, 0.2) is 67.0 Å². The van der Waals surface area contributed by atoms with Crippen LogP contribution in [0.2, 0.25) is 5.02 Å². The molecular weight excluding hydrogens is 424 g/mol. The Kier molecular flexibility index (Phi) is 6.68. The van der Waals surface area contributed by atoms with Gasteiger partial charge in [-0.25, -0.2) is 9.97 Å². The summed E-state index contributed by atoms with van der Waals surface area (Å²) in [5, 5.41) is 8.60. The van der Waals surface area contributed by atoms with Crippen molar-refractivity contribution in [2.24, 2.45) is 0 Å². The molecular formula is C24H25ClN6O. The molecule has 0 aliphatic rings. The third-order valence-corrected chi connectivity index (χ3v) is 5.23. The van der Waals surface area contributed by atoms with Crippen molar-refractivity contribution < 1.29 is 4.74 Å². The highest BCUT2D eigenvalue weighted by atomic mass is 35.5. The number of nitrogens with one attached hydrogen (secondary N) is 1. The van der Waals surface area contributed by atoms with Crippen LogP contribution in [-0.4, -0.2) is 52.4 Å². The van der Waals surface area contributed by atoms with E-state index in [0.717, 1.165) is 47.0 Å². The van der Waals surface area contributed by atoms with E-state index in [0.29, 0.717) is 11.0 Å². The molecule has 164 valence electrons. The lowest BCUT2D eigenvalue weighted by atomic mass is 10.1. The van der Waals surface area contributed by atoms with Crippen LogP contribution < -0.4 is 10.1 Å². The number of halogens is 1. The molecule has 0 aliphatic heterocycles. The topological polar surface area (TPSA) is 68.1 Å². The second-order valence-corrected chi connectivity index (χ2v) is 8.00. The van der Waals surface area contributed by atoms with Gasteiger partial charge in [0.15, 0.2) is 0 Å². The summed E-state index contributed by atoms with van der Waals surface area (Å²) in [6.07, 6.45) is 3.60. The van der Waals surface area contributed by atoms with E-state index < -0.39 is 0 Å². The Morgan fingerprint density at radius 3 is 2.66 bits per heavy atom. The van der Waals surface area contributed by atoms with Crippen molar-refractivity contribution in [2.45, 2.75) is 6.54 Å². The zero-order chi connectivity index (χ0) is 22.5. The molecule has 0 fully saturated rings. The minimum Gasteiger partial charge on any atom is -0.497 e. The molecule has 0 saturated heterocycles. The zero-order valence-corrected chi connectivity index (χ0v) is 19.0. The maximum absolute atomic E-state index is 6.12. The van der Waals surface area contributed by atoms with Gasteiger partial charge in [0.05, 0.1) is 31.2 Å². The third-order valence-electron chi connectivity index (χ3n) is 4.97. The van der Waals surface area contributed by atoms with Crippen molar-refractivity contribution in [3.8, 4) is 28.3 Å². The largest absolute Gasteiger partial charge is 0.497 e. The first-order chi connectivity index (χ1) is 15.5. The summed E-state index contributed by atoms with van der Waals surface area (Å²) in [5.41, 5.74) is 4.59. The summed E-state index contributed by atoms with van der Waals surface area (Å²) in [6.45, 7) is 1.62. The minimum atomic E-state index is 0.499. The molecule has 0 radical (unpaired) electrons. The Morgan fingerprint density at radius 1 is 1.09 bits per heavy atom. The number of anilines is 2. The number of aromatic nitrogens is 4. The standard InChI is InChI=1S/C24H25ClN6O/c1-30(2)13-14-31-23(17-7-9-18(25)10-8-17)21(16-27-31)22-11-12-26-24(29-22)28-19-5-4-6-20(15-19)32-3/h4-12,15-16H,13-14H2,1-3H3,(H,26,28,29). The Labute approximate surface area is 192 Å². The smallest absolute Gasteiger partial charge is 0.227 e. The van der Waals surface area contributed by atoms with E-state index >= 15 is 0 Å². The van der Waals surface area contributed by atoms with E-state index in [1.807, 2.05) is 79.6 Å². The first-order valence-corrected chi connectivity index (χ1v) is 10.6. The molecule has 32 heavy (non-hydrogen) atoms. The van der Waals surface area contributed by atoms with Gasteiger partial charge in [0.1, 0.15) is 5.75 Å². The van der Waals surface area contributed by atoms with Crippen LogP contribution >= 0.6 is 11.6 Å². The Hall–Kier alpha value is -3.42. The second-order valence-electron chi connectivity index (χ2n) is 7.56. The fourth-order valence-electron chi connectivity index (χ4n) is 3.35. The number of benzene rings is 2. The van der Waals surface area contributed by atoms with Crippen LogP contribution in [0, 0.1) is 0 Å². The van der Waals surface area contributed by atoms with Crippen molar-refractivity contribution in [3.05, 3.63) is 72.0 Å². The average Bonchev–Trinajstić information content (AvgIpc) is 3.22. The van der Waals surface area contributed by atoms with Crippen LogP contribution in [0.4, 0.5) is 11.6 Å². The lowest BCUT2D eigenvalue weighted by Gasteiger charge is -2.14. The number of ether oxygens (including phenoxy) is 1.